The molecule has 2 N–H and O–H groups in total. The van der Waals surface area contributed by atoms with E-state index in [2.05, 4.69) is 4.90 Å². The van der Waals surface area contributed by atoms with E-state index in [1.807, 2.05) is 11.8 Å². The number of piperazine rings is 1. The minimum atomic E-state index is -0.710. The van der Waals surface area contributed by atoms with Gasteiger partial charge in [0.1, 0.15) is 5.82 Å². The van der Waals surface area contributed by atoms with E-state index in [4.69, 9.17) is 5.73 Å². The summed E-state index contributed by atoms with van der Waals surface area (Å²) in [5.74, 6) is 0.194. The highest BCUT2D eigenvalue weighted by atomic mass is 35.5. The Labute approximate surface area is 149 Å². The number of rotatable bonds is 3. The summed E-state index contributed by atoms with van der Waals surface area (Å²) in [6.45, 7) is 4.74. The Balaban J connectivity index is 0.00000132. The number of amides is 1. The number of hydrogen-bond acceptors (Lipinski definition) is 3. The number of carbonyl (C=O) groups excluding carboxylic acids is 1. The summed E-state index contributed by atoms with van der Waals surface area (Å²) in [5.41, 5.74) is 6.50. The second-order valence-corrected chi connectivity index (χ2v) is 6.31. The van der Waals surface area contributed by atoms with E-state index < -0.39 is 5.54 Å². The van der Waals surface area contributed by atoms with Crippen molar-refractivity contribution >= 4 is 36.4 Å². The molecule has 1 aromatic rings. The smallest absolute Gasteiger partial charge is 0.242 e. The minimum Gasteiger partial charge on any atom is -0.368 e. The number of benzene rings is 1. The lowest BCUT2D eigenvalue weighted by Crippen LogP contribution is -2.59. The topological polar surface area (TPSA) is 49.6 Å². The van der Waals surface area contributed by atoms with Crippen LogP contribution in [0.3, 0.4) is 0 Å². The number of carbonyl (C=O) groups is 1. The van der Waals surface area contributed by atoms with Crippen molar-refractivity contribution in [1.29, 1.82) is 0 Å². The molecule has 2 fully saturated rings. The minimum absolute atomic E-state index is 0. The molecule has 1 heterocycles. The van der Waals surface area contributed by atoms with E-state index in [1.54, 1.807) is 12.1 Å². The summed E-state index contributed by atoms with van der Waals surface area (Å²) in [6, 6.07) is 6.50. The van der Waals surface area contributed by atoms with Gasteiger partial charge in [-0.1, -0.05) is 0 Å². The van der Waals surface area contributed by atoms with Gasteiger partial charge in [-0.2, -0.15) is 0 Å². The van der Waals surface area contributed by atoms with Crippen LogP contribution in [0.5, 0.6) is 0 Å². The fraction of sp³-hybridized carbons (Fsp3) is 0.562. The van der Waals surface area contributed by atoms with Gasteiger partial charge in [0.25, 0.3) is 0 Å². The zero-order valence-corrected chi connectivity index (χ0v) is 14.8. The van der Waals surface area contributed by atoms with Crippen LogP contribution < -0.4 is 10.6 Å². The van der Waals surface area contributed by atoms with Gasteiger partial charge >= 0.3 is 0 Å². The summed E-state index contributed by atoms with van der Waals surface area (Å²) >= 11 is 0. The predicted molar refractivity (Wildman–Crippen MR) is 95.0 cm³/mol. The molecule has 3 rings (SSSR count). The van der Waals surface area contributed by atoms with Crippen LogP contribution in [0.25, 0.3) is 0 Å². The SMILES string of the molecule is CC(N)(C(=O)N1CCN(c2ccc(F)cc2)CC1)C1CC1.Cl.Cl. The summed E-state index contributed by atoms with van der Waals surface area (Å²) in [4.78, 5) is 16.6. The fourth-order valence-electron chi connectivity index (χ4n) is 3.02. The molecule has 1 atom stereocenters. The summed E-state index contributed by atoms with van der Waals surface area (Å²) in [5, 5.41) is 0. The van der Waals surface area contributed by atoms with Crippen molar-refractivity contribution < 1.29 is 9.18 Å². The number of anilines is 1. The number of nitrogens with two attached hydrogens (primary N) is 1. The summed E-state index contributed by atoms with van der Waals surface area (Å²) in [7, 11) is 0. The Hall–Kier alpha value is -1.04. The maximum Gasteiger partial charge on any atom is 0.242 e. The Kier molecular flexibility index (Phi) is 6.69. The van der Waals surface area contributed by atoms with E-state index in [9.17, 15) is 9.18 Å². The highest BCUT2D eigenvalue weighted by molar-refractivity contribution is 5.86. The van der Waals surface area contributed by atoms with E-state index >= 15 is 0 Å². The van der Waals surface area contributed by atoms with Crippen molar-refractivity contribution in [2.24, 2.45) is 11.7 Å². The van der Waals surface area contributed by atoms with Crippen LogP contribution in [0, 0.1) is 11.7 Å². The maximum absolute atomic E-state index is 12.9. The molecule has 130 valence electrons. The Morgan fingerprint density at radius 1 is 1.13 bits per heavy atom. The first-order valence-corrected chi connectivity index (χ1v) is 7.57. The average molecular weight is 364 g/mol. The van der Waals surface area contributed by atoms with Crippen LogP contribution >= 0.6 is 24.8 Å². The lowest BCUT2D eigenvalue weighted by Gasteiger charge is -2.39. The van der Waals surface area contributed by atoms with Gasteiger partial charge in [-0.15, -0.1) is 24.8 Å². The monoisotopic (exact) mass is 363 g/mol. The van der Waals surface area contributed by atoms with Crippen LogP contribution in [-0.4, -0.2) is 42.5 Å². The predicted octanol–water partition coefficient (Wildman–Crippen LogP) is 2.45. The van der Waals surface area contributed by atoms with Crippen LogP contribution in [0.4, 0.5) is 10.1 Å². The fourth-order valence-corrected chi connectivity index (χ4v) is 3.02. The first-order chi connectivity index (χ1) is 9.98. The van der Waals surface area contributed by atoms with Gasteiger partial charge in [0.15, 0.2) is 0 Å². The zero-order chi connectivity index (χ0) is 15.0. The van der Waals surface area contributed by atoms with E-state index in [0.29, 0.717) is 19.0 Å². The van der Waals surface area contributed by atoms with Crippen LogP contribution in [0.2, 0.25) is 0 Å². The molecule has 0 bridgehead atoms. The van der Waals surface area contributed by atoms with Crippen LogP contribution in [-0.2, 0) is 4.79 Å². The number of halogens is 3. The Morgan fingerprint density at radius 2 is 1.65 bits per heavy atom. The van der Waals surface area contributed by atoms with Crippen molar-refractivity contribution in [2.75, 3.05) is 31.1 Å². The number of hydrogen-bond donors (Lipinski definition) is 1. The third kappa shape index (κ3) is 4.28. The first-order valence-electron chi connectivity index (χ1n) is 7.57. The van der Waals surface area contributed by atoms with Gasteiger partial charge in [0.2, 0.25) is 5.91 Å². The van der Waals surface area contributed by atoms with Gasteiger partial charge in [-0.05, 0) is 49.9 Å². The molecule has 4 nitrogen and oxygen atoms in total. The highest BCUT2D eigenvalue weighted by Gasteiger charge is 2.46. The molecule has 0 spiro atoms. The Bertz CT molecular complexity index is 527. The van der Waals surface area contributed by atoms with Gasteiger partial charge < -0.3 is 15.5 Å². The van der Waals surface area contributed by atoms with Gasteiger partial charge in [0.05, 0.1) is 5.54 Å². The van der Waals surface area contributed by atoms with Crippen LogP contribution in [0.1, 0.15) is 19.8 Å². The molecule has 1 saturated carbocycles. The lowest BCUT2D eigenvalue weighted by atomic mass is 9.95. The lowest BCUT2D eigenvalue weighted by molar-refractivity contribution is -0.137. The third-order valence-corrected chi connectivity index (χ3v) is 4.64. The molecule has 2 aliphatic rings. The molecule has 7 heteroatoms. The van der Waals surface area contributed by atoms with Crippen molar-refractivity contribution in [1.82, 2.24) is 4.90 Å². The van der Waals surface area contributed by atoms with Crippen LogP contribution in [0.15, 0.2) is 24.3 Å². The quantitative estimate of drug-likeness (QED) is 0.897. The second-order valence-electron chi connectivity index (χ2n) is 6.31. The van der Waals surface area contributed by atoms with E-state index in [-0.39, 0.29) is 36.5 Å². The molecule has 1 aromatic carbocycles. The molecule has 23 heavy (non-hydrogen) atoms. The first kappa shape index (κ1) is 20.0. The van der Waals surface area contributed by atoms with Crippen molar-refractivity contribution in [2.45, 2.75) is 25.3 Å². The Morgan fingerprint density at radius 3 is 2.13 bits per heavy atom. The molecular formula is C16H24Cl2FN3O. The second kappa shape index (κ2) is 7.69. The molecule has 1 saturated heterocycles. The summed E-state index contributed by atoms with van der Waals surface area (Å²) in [6.07, 6.45) is 2.13. The maximum atomic E-state index is 12.9. The molecule has 0 aromatic heterocycles. The largest absolute Gasteiger partial charge is 0.368 e. The molecule has 1 aliphatic heterocycles. The van der Waals surface area contributed by atoms with E-state index in [1.165, 1.54) is 12.1 Å². The van der Waals surface area contributed by atoms with Crippen molar-refractivity contribution in [3.8, 4) is 0 Å². The normalized spacial score (nSPS) is 20.1. The molecule has 1 unspecified atom stereocenters. The van der Waals surface area contributed by atoms with Gasteiger partial charge in [-0.3, -0.25) is 4.79 Å². The molecular weight excluding hydrogens is 340 g/mol. The molecule has 1 amide bonds. The van der Waals surface area contributed by atoms with Crippen molar-refractivity contribution in [3.05, 3.63) is 30.1 Å². The van der Waals surface area contributed by atoms with Gasteiger partial charge in [-0.25, -0.2) is 4.39 Å². The highest BCUT2D eigenvalue weighted by Crippen LogP contribution is 2.39. The average Bonchev–Trinajstić information content (AvgIpc) is 3.32. The zero-order valence-electron chi connectivity index (χ0n) is 13.2. The van der Waals surface area contributed by atoms with Crippen molar-refractivity contribution in [3.63, 3.8) is 0 Å². The van der Waals surface area contributed by atoms with Gasteiger partial charge in [0, 0.05) is 31.9 Å². The van der Waals surface area contributed by atoms with E-state index in [0.717, 1.165) is 31.6 Å². The molecule has 0 radical (unpaired) electrons. The standard InChI is InChI=1S/C16H22FN3O.2ClH/c1-16(18,12-2-3-12)15(21)20-10-8-19(9-11-20)14-6-4-13(17)5-7-14;;/h4-7,12H,2-3,8-11,18H2,1H3;2*1H. The number of nitrogens with zero attached hydrogens (tertiary/aromatic N) is 2. The summed E-state index contributed by atoms with van der Waals surface area (Å²) < 4.78 is 12.9. The third-order valence-electron chi connectivity index (χ3n) is 4.64. The molecule has 1 aliphatic carbocycles.